The third-order valence-electron chi connectivity index (χ3n) is 7.16. The Morgan fingerprint density at radius 2 is 2.18 bits per heavy atom. The molecule has 1 atom stereocenters. The molecule has 9 nitrogen and oxygen atoms in total. The maximum Gasteiger partial charge on any atom is 0.255 e. The summed E-state index contributed by atoms with van der Waals surface area (Å²) in [5.41, 5.74) is 3.20. The second kappa shape index (κ2) is 9.85. The smallest absolute Gasteiger partial charge is 0.255 e. The number of anilines is 2. The molecule has 2 aliphatic rings. The molecule has 0 unspecified atom stereocenters. The number of carbonyl (C=O) groups excluding carboxylic acids is 2. The van der Waals surface area contributed by atoms with E-state index >= 15 is 0 Å². The summed E-state index contributed by atoms with van der Waals surface area (Å²) >= 11 is 0. The van der Waals surface area contributed by atoms with E-state index in [1.807, 2.05) is 0 Å². The molecule has 1 fully saturated rings. The molecule has 38 heavy (non-hydrogen) atoms. The maximum absolute atomic E-state index is 14.5. The Morgan fingerprint density at radius 3 is 2.92 bits per heavy atom. The van der Waals surface area contributed by atoms with Crippen LogP contribution < -0.4 is 20.1 Å². The highest BCUT2D eigenvalue weighted by molar-refractivity contribution is 6.06. The Balaban J connectivity index is 1.54. The molecule has 0 spiro atoms. The van der Waals surface area contributed by atoms with Crippen molar-refractivity contribution in [3.63, 3.8) is 0 Å². The van der Waals surface area contributed by atoms with Crippen molar-refractivity contribution in [2.24, 2.45) is 5.41 Å². The van der Waals surface area contributed by atoms with Crippen molar-refractivity contribution in [3.8, 4) is 22.8 Å². The molecule has 1 aromatic carbocycles. The van der Waals surface area contributed by atoms with Crippen LogP contribution in [-0.2, 0) is 11.2 Å². The summed E-state index contributed by atoms with van der Waals surface area (Å²) in [6.45, 7) is 9.15. The Bertz CT molecular complexity index is 1420. The van der Waals surface area contributed by atoms with Crippen LogP contribution in [0.15, 0.2) is 49.3 Å². The standard InChI is InChI=1S/C28H30FN5O4/c1-5-22(35)34-15-28(2,3)21(34)14-38-20-13-30-11-9-16(20)24-25(23-18(32-24)10-12-31-27(23)36)33-19-8-6-7-17(29)26(19)37-4/h5-9,11,13,21,32-33H,1,10,12,14-15H2,2-4H3,(H,31,36)/t21-/m0/s1. The third kappa shape index (κ3) is 4.36. The molecular weight excluding hydrogens is 489 g/mol. The van der Waals surface area contributed by atoms with E-state index in [4.69, 9.17) is 9.47 Å². The summed E-state index contributed by atoms with van der Waals surface area (Å²) in [6, 6.07) is 6.20. The number of amides is 2. The van der Waals surface area contributed by atoms with E-state index < -0.39 is 5.82 Å². The normalized spacial score (nSPS) is 17.6. The van der Waals surface area contributed by atoms with E-state index in [0.29, 0.717) is 53.5 Å². The number of likely N-dealkylation sites (tertiary alicyclic amines) is 1. The molecule has 10 heteroatoms. The van der Waals surface area contributed by atoms with Crippen molar-refractivity contribution in [1.29, 1.82) is 0 Å². The minimum atomic E-state index is -0.525. The molecule has 2 aliphatic heterocycles. The van der Waals surface area contributed by atoms with Gasteiger partial charge in [0.05, 0.1) is 42.0 Å². The molecule has 4 heterocycles. The SMILES string of the molecule is C=CC(=O)N1CC(C)(C)[C@@H]1COc1cnccc1-c1[nH]c2c(c1Nc1cccc(F)c1OC)C(=O)NCC2. The predicted octanol–water partition coefficient (Wildman–Crippen LogP) is 4.06. The second-order valence-corrected chi connectivity index (χ2v) is 10.0. The quantitative estimate of drug-likeness (QED) is 0.388. The number of para-hydroxylation sites is 1. The molecule has 2 aromatic heterocycles. The minimum absolute atomic E-state index is 0.0370. The van der Waals surface area contributed by atoms with E-state index in [1.54, 1.807) is 35.5 Å². The molecule has 3 aromatic rings. The highest BCUT2D eigenvalue weighted by atomic mass is 19.1. The number of pyridine rings is 1. The Labute approximate surface area is 220 Å². The fourth-order valence-corrected chi connectivity index (χ4v) is 5.15. The first-order valence-corrected chi connectivity index (χ1v) is 12.4. The number of benzene rings is 1. The van der Waals surface area contributed by atoms with Gasteiger partial charge in [-0.2, -0.15) is 0 Å². The molecule has 2 amide bonds. The molecular formula is C28H30FN5O4. The molecule has 0 bridgehead atoms. The van der Waals surface area contributed by atoms with Gasteiger partial charge in [-0.15, -0.1) is 0 Å². The van der Waals surface area contributed by atoms with Crippen LogP contribution >= 0.6 is 0 Å². The van der Waals surface area contributed by atoms with Gasteiger partial charge < -0.3 is 30.0 Å². The number of rotatable bonds is 8. The van der Waals surface area contributed by atoms with Gasteiger partial charge in [-0.25, -0.2) is 4.39 Å². The van der Waals surface area contributed by atoms with Gasteiger partial charge in [-0.3, -0.25) is 14.6 Å². The summed E-state index contributed by atoms with van der Waals surface area (Å²) in [7, 11) is 1.39. The van der Waals surface area contributed by atoms with Crippen molar-refractivity contribution < 1.29 is 23.5 Å². The van der Waals surface area contributed by atoms with Crippen molar-refractivity contribution in [2.75, 3.05) is 32.1 Å². The average Bonchev–Trinajstić information content (AvgIpc) is 3.26. The van der Waals surface area contributed by atoms with Gasteiger partial charge in [0.15, 0.2) is 11.6 Å². The van der Waals surface area contributed by atoms with E-state index in [0.717, 1.165) is 5.69 Å². The van der Waals surface area contributed by atoms with E-state index in [1.165, 1.54) is 19.3 Å². The third-order valence-corrected chi connectivity index (χ3v) is 7.16. The number of aromatic amines is 1. The number of H-pyrrole nitrogens is 1. The summed E-state index contributed by atoms with van der Waals surface area (Å²) in [6.07, 6.45) is 5.15. The van der Waals surface area contributed by atoms with Crippen molar-refractivity contribution in [2.45, 2.75) is 26.3 Å². The fraction of sp³-hybridized carbons (Fsp3) is 0.321. The number of carbonyl (C=O) groups is 2. The van der Waals surface area contributed by atoms with Crippen molar-refractivity contribution in [1.82, 2.24) is 20.2 Å². The van der Waals surface area contributed by atoms with Crippen LogP contribution in [0, 0.1) is 11.2 Å². The van der Waals surface area contributed by atoms with Crippen LogP contribution in [0.3, 0.4) is 0 Å². The van der Waals surface area contributed by atoms with E-state index in [9.17, 15) is 14.0 Å². The Hall–Kier alpha value is -4.34. The fourth-order valence-electron chi connectivity index (χ4n) is 5.15. The van der Waals surface area contributed by atoms with E-state index in [2.05, 4.69) is 41.0 Å². The Morgan fingerprint density at radius 1 is 1.37 bits per heavy atom. The molecule has 0 aliphatic carbocycles. The average molecular weight is 520 g/mol. The maximum atomic E-state index is 14.5. The predicted molar refractivity (Wildman–Crippen MR) is 141 cm³/mol. The van der Waals surface area contributed by atoms with Crippen LogP contribution in [0.25, 0.3) is 11.3 Å². The highest BCUT2D eigenvalue weighted by Crippen LogP contribution is 2.43. The monoisotopic (exact) mass is 519 g/mol. The van der Waals surface area contributed by atoms with Crippen LogP contribution in [0.1, 0.15) is 29.9 Å². The van der Waals surface area contributed by atoms with Crippen LogP contribution in [-0.4, -0.2) is 59.5 Å². The number of hydrogen-bond acceptors (Lipinski definition) is 6. The zero-order valence-corrected chi connectivity index (χ0v) is 21.6. The van der Waals surface area contributed by atoms with Crippen LogP contribution in [0.2, 0.25) is 0 Å². The topological polar surface area (TPSA) is 109 Å². The number of fused-ring (bicyclic) bond motifs is 1. The van der Waals surface area contributed by atoms with Gasteiger partial charge in [-0.1, -0.05) is 26.5 Å². The molecule has 5 rings (SSSR count). The van der Waals surface area contributed by atoms with Crippen molar-refractivity contribution in [3.05, 3.63) is 66.4 Å². The number of nitrogens with zero attached hydrogens (tertiary/aromatic N) is 2. The summed E-state index contributed by atoms with van der Waals surface area (Å²) < 4.78 is 26.0. The molecule has 0 radical (unpaired) electrons. The lowest BCUT2D eigenvalue weighted by molar-refractivity contribution is -0.148. The zero-order valence-electron chi connectivity index (χ0n) is 21.6. The largest absolute Gasteiger partial charge is 0.492 e. The van der Waals surface area contributed by atoms with Gasteiger partial charge in [0.2, 0.25) is 5.91 Å². The lowest BCUT2D eigenvalue weighted by atomic mass is 9.75. The zero-order chi connectivity index (χ0) is 27.0. The number of aromatic nitrogens is 2. The number of halogens is 1. The van der Waals surface area contributed by atoms with Gasteiger partial charge in [0.1, 0.15) is 12.4 Å². The van der Waals surface area contributed by atoms with Gasteiger partial charge in [0, 0.05) is 42.4 Å². The number of nitrogens with one attached hydrogen (secondary N) is 3. The molecule has 198 valence electrons. The highest BCUT2D eigenvalue weighted by Gasteiger charge is 2.47. The summed E-state index contributed by atoms with van der Waals surface area (Å²) in [5.74, 6) is -0.382. The summed E-state index contributed by atoms with van der Waals surface area (Å²) in [5, 5.41) is 6.11. The molecule has 1 saturated heterocycles. The van der Waals surface area contributed by atoms with E-state index in [-0.39, 0.29) is 35.6 Å². The first-order valence-electron chi connectivity index (χ1n) is 12.4. The van der Waals surface area contributed by atoms with Gasteiger partial charge >= 0.3 is 0 Å². The number of hydrogen-bond donors (Lipinski definition) is 3. The Kier molecular flexibility index (Phi) is 6.56. The lowest BCUT2D eigenvalue weighted by Gasteiger charge is -2.53. The number of methoxy groups -OCH3 is 1. The van der Waals surface area contributed by atoms with Crippen molar-refractivity contribution >= 4 is 23.2 Å². The summed E-state index contributed by atoms with van der Waals surface area (Å²) in [4.78, 5) is 34.6. The molecule has 3 N–H and O–H groups in total. The van der Waals surface area contributed by atoms with Gasteiger partial charge in [0.25, 0.3) is 5.91 Å². The van der Waals surface area contributed by atoms with Crippen LogP contribution in [0.5, 0.6) is 11.5 Å². The first kappa shape index (κ1) is 25.3. The number of ether oxygens (including phenoxy) is 2. The van der Waals surface area contributed by atoms with Crippen LogP contribution in [0.4, 0.5) is 15.8 Å². The minimum Gasteiger partial charge on any atom is -0.492 e. The second-order valence-electron chi connectivity index (χ2n) is 10.0. The lowest BCUT2D eigenvalue weighted by Crippen LogP contribution is -2.65. The van der Waals surface area contributed by atoms with Gasteiger partial charge in [-0.05, 0) is 24.3 Å². The molecule has 0 saturated carbocycles. The first-order chi connectivity index (χ1) is 18.2.